The Morgan fingerprint density at radius 2 is 1.18 bits per heavy atom. The summed E-state index contributed by atoms with van der Waals surface area (Å²) < 4.78 is 53.2. The van der Waals surface area contributed by atoms with Gasteiger partial charge < -0.3 is 64.3 Å². The minimum Gasteiger partial charge on any atom is -0.780 e. The molecule has 17 heteroatoms. The van der Waals surface area contributed by atoms with E-state index in [1.165, 1.54) is 6.66 Å². The second-order valence-corrected chi connectivity index (χ2v) is 15.8. The van der Waals surface area contributed by atoms with E-state index in [1.807, 2.05) is 6.26 Å². The highest BCUT2D eigenvalue weighted by Crippen LogP contribution is 2.39. The molecule has 0 aliphatic heterocycles. The van der Waals surface area contributed by atoms with Gasteiger partial charge in [-0.3, -0.25) is 4.79 Å². The van der Waals surface area contributed by atoms with Crippen molar-refractivity contribution in [2.75, 3.05) is 111 Å². The molecule has 1 N–H and O–H groups in total. The van der Waals surface area contributed by atoms with Gasteiger partial charge in [-0.05, 0) is 25.8 Å². The van der Waals surface area contributed by atoms with E-state index in [0.717, 1.165) is 31.4 Å². The Morgan fingerprint density at radius 1 is 0.750 bits per heavy atom. The molecule has 0 aromatic carbocycles. The molecule has 0 fully saturated rings. The Labute approximate surface area is 254 Å². The van der Waals surface area contributed by atoms with Crippen molar-refractivity contribution >= 4 is 55.0 Å². The molecular formula is C23H47NO11P2S3-2. The van der Waals surface area contributed by atoms with Gasteiger partial charge in [-0.1, -0.05) is 24.6 Å². The Bertz CT molecular complexity index is 692. The largest absolute Gasteiger partial charge is 0.780 e. The van der Waals surface area contributed by atoms with Crippen LogP contribution < -0.4 is 10.2 Å². The zero-order valence-electron chi connectivity index (χ0n) is 23.8. The molecule has 0 bridgehead atoms. The molecule has 1 amide bonds. The third-order valence-corrected chi connectivity index (χ3v) is 7.90. The number of thioether (sulfide) groups is 1. The maximum Gasteiger partial charge on any atom is 0.220 e. The number of hydrogen-bond donors (Lipinski definition) is 1. The molecule has 0 aliphatic rings. The maximum atomic E-state index is 12.1. The van der Waals surface area contributed by atoms with Crippen LogP contribution in [0.2, 0.25) is 0 Å². The smallest absolute Gasteiger partial charge is 0.220 e. The highest BCUT2D eigenvalue weighted by Gasteiger charge is 2.04. The Balaban J connectivity index is 3.33. The summed E-state index contributed by atoms with van der Waals surface area (Å²) in [6.45, 7) is 0.101. The molecule has 0 saturated carbocycles. The fraction of sp³-hybridized carbons (Fsp3) is 0.957. The van der Waals surface area contributed by atoms with Crippen molar-refractivity contribution in [3.8, 4) is 0 Å². The predicted molar refractivity (Wildman–Crippen MR) is 162 cm³/mol. The number of carbonyl (C=O) groups is 1. The van der Waals surface area contributed by atoms with Gasteiger partial charge in [0.15, 0.2) is 0 Å². The van der Waals surface area contributed by atoms with Gasteiger partial charge in [-0.2, -0.15) is 11.8 Å². The summed E-state index contributed by atoms with van der Waals surface area (Å²) in [7, 11) is 0. The van der Waals surface area contributed by atoms with Gasteiger partial charge in [-0.15, -0.1) is 0 Å². The standard InChI is InChI=1S/C23H49NO11P2S3/c1-36(26,38)33-20-18-31-16-14-29-12-10-28-11-13-30-15-17-32-19-21-35-37(27,39)34-9-6-4-3-5-8-24-23(25)7-22-40-2/h3-22H2,1-2H3,(H,24,25)(H,26,38)(H,27,39)/p-2. The molecule has 0 rings (SSSR count). The van der Waals surface area contributed by atoms with Crippen molar-refractivity contribution in [2.24, 2.45) is 0 Å². The fourth-order valence-electron chi connectivity index (χ4n) is 2.76. The normalized spacial score (nSPS) is 14.6. The van der Waals surface area contributed by atoms with Crippen LogP contribution in [-0.2, 0) is 70.7 Å². The lowest BCUT2D eigenvalue weighted by atomic mass is 10.2. The van der Waals surface area contributed by atoms with Crippen LogP contribution in [0.5, 0.6) is 0 Å². The molecule has 2 unspecified atom stereocenters. The molecule has 2 atom stereocenters. The van der Waals surface area contributed by atoms with Crippen LogP contribution in [-0.4, -0.2) is 117 Å². The van der Waals surface area contributed by atoms with Crippen LogP contribution in [0.25, 0.3) is 0 Å². The monoisotopic (exact) mass is 671 g/mol. The highest BCUT2D eigenvalue weighted by molar-refractivity contribution is 8.34. The van der Waals surface area contributed by atoms with Gasteiger partial charge in [0.05, 0.1) is 92.5 Å². The third-order valence-electron chi connectivity index (χ3n) is 4.69. The van der Waals surface area contributed by atoms with Crippen LogP contribution in [0, 0.1) is 0 Å². The van der Waals surface area contributed by atoms with Crippen molar-refractivity contribution in [2.45, 2.75) is 32.1 Å². The first-order valence-corrected chi connectivity index (χ1v) is 20.4. The molecule has 0 radical (unpaired) electrons. The quantitative estimate of drug-likeness (QED) is 0.0655. The summed E-state index contributed by atoms with van der Waals surface area (Å²) in [6.07, 6.45) is 5.99. The van der Waals surface area contributed by atoms with E-state index in [1.54, 1.807) is 11.8 Å². The summed E-state index contributed by atoms with van der Waals surface area (Å²) in [6, 6.07) is 0. The van der Waals surface area contributed by atoms with Crippen molar-refractivity contribution in [1.82, 2.24) is 5.32 Å². The number of unbranched alkanes of at least 4 members (excludes halogenated alkanes) is 3. The predicted octanol–water partition coefficient (Wildman–Crippen LogP) is 2.50. The van der Waals surface area contributed by atoms with Gasteiger partial charge in [0.1, 0.15) is 6.72 Å². The first-order valence-electron chi connectivity index (χ1n) is 13.3. The molecule has 0 heterocycles. The SMILES string of the molecule is CSCCC(=O)NCCCCCCOP([O-])(=S)OCCOCCOCCOCCOCCOCCOP(C)(=O)[S-]. The van der Waals surface area contributed by atoms with E-state index >= 15 is 0 Å². The van der Waals surface area contributed by atoms with Crippen LogP contribution >= 0.6 is 25.1 Å². The topological polar surface area (TPSA) is 143 Å². The highest BCUT2D eigenvalue weighted by atomic mass is 32.7. The minimum absolute atomic E-state index is 0.0777. The molecule has 0 saturated heterocycles. The molecular weight excluding hydrogens is 624 g/mol. The first kappa shape index (κ1) is 40.7. The van der Waals surface area contributed by atoms with Gasteiger partial charge in [0.25, 0.3) is 0 Å². The summed E-state index contributed by atoms with van der Waals surface area (Å²) in [5, 5.41) is 2.89. The summed E-state index contributed by atoms with van der Waals surface area (Å²) >= 11 is 11.2. The Morgan fingerprint density at radius 3 is 1.65 bits per heavy atom. The van der Waals surface area contributed by atoms with Crippen LogP contribution in [0.3, 0.4) is 0 Å². The molecule has 0 aromatic rings. The van der Waals surface area contributed by atoms with Crippen molar-refractivity contribution in [1.29, 1.82) is 0 Å². The number of rotatable bonds is 31. The van der Waals surface area contributed by atoms with Gasteiger partial charge >= 0.3 is 0 Å². The number of amides is 1. The third kappa shape index (κ3) is 33.2. The zero-order chi connectivity index (χ0) is 29.8. The first-order chi connectivity index (χ1) is 19.2. The van der Waals surface area contributed by atoms with Gasteiger partial charge in [0.2, 0.25) is 5.91 Å². The second-order valence-electron chi connectivity index (χ2n) is 8.29. The van der Waals surface area contributed by atoms with E-state index in [4.69, 9.17) is 49.1 Å². The molecule has 0 aliphatic carbocycles. The average Bonchev–Trinajstić information content (AvgIpc) is 2.89. The van der Waals surface area contributed by atoms with E-state index in [-0.39, 0.29) is 32.3 Å². The van der Waals surface area contributed by atoms with Gasteiger partial charge in [-0.25, -0.2) is 0 Å². The Kier molecular flexibility index (Phi) is 29.0. The Hall–Kier alpha value is 0.690. The van der Waals surface area contributed by atoms with E-state index in [2.05, 4.69) is 17.6 Å². The van der Waals surface area contributed by atoms with Gasteiger partial charge in [0, 0.05) is 18.7 Å². The fourth-order valence-corrected chi connectivity index (χ4v) is 4.95. The van der Waals surface area contributed by atoms with Crippen molar-refractivity contribution < 1.29 is 51.5 Å². The second kappa shape index (κ2) is 28.5. The molecule has 12 nitrogen and oxygen atoms in total. The summed E-state index contributed by atoms with van der Waals surface area (Å²) in [5.41, 5.74) is 0. The van der Waals surface area contributed by atoms with Crippen LogP contribution in [0.4, 0.5) is 0 Å². The van der Waals surface area contributed by atoms with Crippen molar-refractivity contribution in [3.05, 3.63) is 0 Å². The van der Waals surface area contributed by atoms with Crippen molar-refractivity contribution in [3.63, 3.8) is 0 Å². The molecule has 240 valence electrons. The summed E-state index contributed by atoms with van der Waals surface area (Å²) in [5.74, 6) is 0.924. The zero-order valence-corrected chi connectivity index (χ0v) is 28.0. The lowest BCUT2D eigenvalue weighted by Crippen LogP contribution is -2.24. The van der Waals surface area contributed by atoms with E-state index in [9.17, 15) is 14.3 Å². The minimum atomic E-state index is -3.51. The lowest BCUT2D eigenvalue weighted by Gasteiger charge is -2.27. The average molecular weight is 672 g/mol. The number of carbonyl (C=O) groups excluding carboxylic acids is 1. The van der Waals surface area contributed by atoms with E-state index < -0.39 is 13.3 Å². The number of nitrogens with one attached hydrogen (secondary N) is 1. The molecule has 0 spiro atoms. The molecule has 0 aromatic heterocycles. The number of ether oxygens (including phenoxy) is 5. The maximum absolute atomic E-state index is 12.1. The van der Waals surface area contributed by atoms with Crippen LogP contribution in [0.15, 0.2) is 0 Å². The number of hydrogen-bond acceptors (Lipinski definition) is 14. The molecule has 40 heavy (non-hydrogen) atoms. The van der Waals surface area contributed by atoms with E-state index in [0.29, 0.717) is 72.4 Å². The van der Waals surface area contributed by atoms with Crippen LogP contribution in [0.1, 0.15) is 32.1 Å². The lowest BCUT2D eigenvalue weighted by molar-refractivity contribution is -0.207. The summed E-state index contributed by atoms with van der Waals surface area (Å²) in [4.78, 5) is 23.6.